The van der Waals surface area contributed by atoms with Crippen LogP contribution in [0.3, 0.4) is 0 Å². The molecule has 0 saturated carbocycles. The van der Waals surface area contributed by atoms with Crippen LogP contribution in [0, 0.1) is 0 Å². The summed E-state index contributed by atoms with van der Waals surface area (Å²) in [7, 11) is 0. The molecule has 1 heterocycles. The molecule has 3 aromatic rings. The molecule has 0 atom stereocenters. The third kappa shape index (κ3) is 5.57. The van der Waals surface area contributed by atoms with E-state index in [9.17, 15) is 4.79 Å². The Kier molecular flexibility index (Phi) is 5.99. The predicted molar refractivity (Wildman–Crippen MR) is 112 cm³/mol. The van der Waals surface area contributed by atoms with Crippen molar-refractivity contribution in [3.05, 3.63) is 96.3 Å². The zero-order valence-corrected chi connectivity index (χ0v) is 14.7. The molecule has 1 amide bonds. The lowest BCUT2D eigenvalue weighted by atomic mass is 10.2. The Morgan fingerprint density at radius 3 is 2.41 bits per heavy atom. The number of aromatic nitrogens is 1. The quantitative estimate of drug-likeness (QED) is 0.452. The topological polar surface area (TPSA) is 80.0 Å². The normalized spacial score (nSPS) is 11.0. The highest BCUT2D eigenvalue weighted by Crippen LogP contribution is 2.16. The largest absolute Gasteiger partial charge is 0.397 e. The number of benzene rings is 2. The molecular formula is C22H20N4O. The van der Waals surface area contributed by atoms with Crippen LogP contribution in [0.2, 0.25) is 0 Å². The van der Waals surface area contributed by atoms with Crippen molar-refractivity contribution in [1.29, 1.82) is 0 Å². The Morgan fingerprint density at radius 1 is 0.889 bits per heavy atom. The van der Waals surface area contributed by atoms with Gasteiger partial charge < -0.3 is 16.4 Å². The number of rotatable bonds is 6. The molecule has 3 rings (SSSR count). The van der Waals surface area contributed by atoms with Gasteiger partial charge in [-0.15, -0.1) is 0 Å². The molecular weight excluding hydrogens is 336 g/mol. The first-order chi connectivity index (χ1) is 13.2. The highest BCUT2D eigenvalue weighted by molar-refractivity contribution is 6.03. The molecule has 0 bridgehead atoms. The molecule has 0 aliphatic heterocycles. The number of amides is 1. The Labute approximate surface area is 158 Å². The maximum atomic E-state index is 12.0. The zero-order chi connectivity index (χ0) is 18.9. The number of nitrogens with zero attached hydrogens (tertiary/aromatic N) is 1. The molecule has 5 nitrogen and oxygen atoms in total. The van der Waals surface area contributed by atoms with Gasteiger partial charge in [-0.05, 0) is 47.5 Å². The third-order valence-corrected chi connectivity index (χ3v) is 3.74. The summed E-state index contributed by atoms with van der Waals surface area (Å²) in [6.07, 6.45) is 8.65. The van der Waals surface area contributed by atoms with Gasteiger partial charge in [-0.25, -0.2) is 4.98 Å². The number of hydrogen-bond donors (Lipinski definition) is 3. The van der Waals surface area contributed by atoms with Crippen LogP contribution in [-0.2, 0) is 4.79 Å². The van der Waals surface area contributed by atoms with Crippen LogP contribution in [0.15, 0.2) is 85.2 Å². The molecule has 0 unspecified atom stereocenters. The van der Waals surface area contributed by atoms with Crippen molar-refractivity contribution in [3.8, 4) is 0 Å². The van der Waals surface area contributed by atoms with Crippen LogP contribution in [0.4, 0.5) is 17.2 Å². The van der Waals surface area contributed by atoms with E-state index in [0.717, 1.165) is 16.9 Å². The average Bonchev–Trinajstić information content (AvgIpc) is 2.70. The molecule has 1 aromatic heterocycles. The number of anilines is 3. The number of nitrogens with one attached hydrogen (secondary N) is 2. The van der Waals surface area contributed by atoms with E-state index in [2.05, 4.69) is 15.6 Å². The van der Waals surface area contributed by atoms with Gasteiger partial charge in [0.1, 0.15) is 5.82 Å². The molecule has 0 fully saturated rings. The summed E-state index contributed by atoms with van der Waals surface area (Å²) < 4.78 is 0. The van der Waals surface area contributed by atoms with E-state index in [1.807, 2.05) is 66.9 Å². The molecule has 0 aliphatic carbocycles. The fourth-order valence-electron chi connectivity index (χ4n) is 2.33. The zero-order valence-electron chi connectivity index (χ0n) is 14.7. The summed E-state index contributed by atoms with van der Waals surface area (Å²) in [5, 5.41) is 5.86. The highest BCUT2D eigenvalue weighted by atomic mass is 16.1. The lowest BCUT2D eigenvalue weighted by molar-refractivity contribution is -0.111. The fraction of sp³-hybridized carbons (Fsp3) is 0. The Bertz CT molecular complexity index is 948. The lowest BCUT2D eigenvalue weighted by Gasteiger charge is -2.05. The van der Waals surface area contributed by atoms with E-state index in [1.165, 1.54) is 6.08 Å². The van der Waals surface area contributed by atoms with Crippen molar-refractivity contribution in [2.75, 3.05) is 16.4 Å². The summed E-state index contributed by atoms with van der Waals surface area (Å²) >= 11 is 0. The first-order valence-corrected chi connectivity index (χ1v) is 8.48. The monoisotopic (exact) mass is 356 g/mol. The number of pyridine rings is 1. The summed E-state index contributed by atoms with van der Waals surface area (Å²) in [5.41, 5.74) is 8.86. The number of carbonyl (C=O) groups is 1. The van der Waals surface area contributed by atoms with Gasteiger partial charge in [-0.3, -0.25) is 4.79 Å². The second-order valence-corrected chi connectivity index (χ2v) is 5.77. The van der Waals surface area contributed by atoms with Gasteiger partial charge >= 0.3 is 0 Å². The number of nitrogen functional groups attached to an aromatic ring is 1. The van der Waals surface area contributed by atoms with Crippen molar-refractivity contribution in [2.24, 2.45) is 0 Å². The lowest BCUT2D eigenvalue weighted by Crippen LogP contribution is -2.09. The minimum atomic E-state index is -0.249. The minimum Gasteiger partial charge on any atom is -0.397 e. The Balaban J connectivity index is 1.54. The van der Waals surface area contributed by atoms with Crippen LogP contribution < -0.4 is 16.4 Å². The van der Waals surface area contributed by atoms with Crippen molar-refractivity contribution < 1.29 is 4.79 Å². The van der Waals surface area contributed by atoms with Gasteiger partial charge in [0, 0.05) is 18.5 Å². The maximum absolute atomic E-state index is 12.0. The van der Waals surface area contributed by atoms with Gasteiger partial charge in [0.2, 0.25) is 5.91 Å². The van der Waals surface area contributed by atoms with Crippen molar-refractivity contribution in [3.63, 3.8) is 0 Å². The first kappa shape index (κ1) is 17.9. The Hall–Kier alpha value is -3.86. The molecule has 0 saturated heterocycles. The van der Waals surface area contributed by atoms with Gasteiger partial charge in [0.15, 0.2) is 0 Å². The highest BCUT2D eigenvalue weighted by Gasteiger charge is 2.01. The molecule has 0 radical (unpaired) electrons. The second-order valence-electron chi connectivity index (χ2n) is 5.77. The van der Waals surface area contributed by atoms with E-state index < -0.39 is 0 Å². The van der Waals surface area contributed by atoms with E-state index in [1.54, 1.807) is 24.4 Å². The summed E-state index contributed by atoms with van der Waals surface area (Å²) in [5.74, 6) is 0.474. The van der Waals surface area contributed by atoms with Gasteiger partial charge in [0.05, 0.1) is 11.4 Å². The van der Waals surface area contributed by atoms with Crippen LogP contribution in [-0.4, -0.2) is 10.9 Å². The molecule has 2 aromatic carbocycles. The number of para-hydroxylation sites is 2. The second kappa shape index (κ2) is 9.01. The van der Waals surface area contributed by atoms with E-state index in [0.29, 0.717) is 11.4 Å². The third-order valence-electron chi connectivity index (χ3n) is 3.74. The van der Waals surface area contributed by atoms with E-state index in [-0.39, 0.29) is 5.91 Å². The molecule has 134 valence electrons. The fourth-order valence-corrected chi connectivity index (χ4v) is 2.33. The van der Waals surface area contributed by atoms with E-state index >= 15 is 0 Å². The molecule has 0 spiro atoms. The minimum absolute atomic E-state index is 0.249. The standard InChI is InChI=1S/C22H20N4O/c23-19-8-4-5-9-20(19)26-22(27)13-11-18-10-12-21(25-16-18)24-15-14-17-6-2-1-3-7-17/h1-16H,23H2,(H,24,25)(H,26,27)/b13-11-,15-14+. The van der Waals surface area contributed by atoms with Crippen LogP contribution in [0.25, 0.3) is 12.2 Å². The number of hydrogen-bond acceptors (Lipinski definition) is 4. The number of carbonyl (C=O) groups excluding carboxylic acids is 1. The summed E-state index contributed by atoms with van der Waals surface area (Å²) in [6, 6.07) is 20.9. The average molecular weight is 356 g/mol. The smallest absolute Gasteiger partial charge is 0.248 e. The van der Waals surface area contributed by atoms with Crippen LogP contribution >= 0.6 is 0 Å². The van der Waals surface area contributed by atoms with Gasteiger partial charge in [-0.1, -0.05) is 42.5 Å². The Morgan fingerprint density at radius 2 is 1.67 bits per heavy atom. The van der Waals surface area contributed by atoms with Crippen LogP contribution in [0.5, 0.6) is 0 Å². The molecule has 5 heteroatoms. The first-order valence-electron chi connectivity index (χ1n) is 8.48. The summed E-state index contributed by atoms with van der Waals surface area (Å²) in [6.45, 7) is 0. The molecule has 27 heavy (non-hydrogen) atoms. The van der Waals surface area contributed by atoms with E-state index in [4.69, 9.17) is 5.73 Å². The summed E-state index contributed by atoms with van der Waals surface area (Å²) in [4.78, 5) is 16.3. The van der Waals surface area contributed by atoms with Crippen molar-refractivity contribution in [1.82, 2.24) is 4.98 Å². The van der Waals surface area contributed by atoms with Gasteiger partial charge in [0.25, 0.3) is 0 Å². The predicted octanol–water partition coefficient (Wildman–Crippen LogP) is 4.40. The van der Waals surface area contributed by atoms with Crippen molar-refractivity contribution in [2.45, 2.75) is 0 Å². The van der Waals surface area contributed by atoms with Crippen molar-refractivity contribution >= 4 is 35.3 Å². The molecule has 0 aliphatic rings. The molecule has 4 N–H and O–H groups in total. The maximum Gasteiger partial charge on any atom is 0.248 e. The van der Waals surface area contributed by atoms with Crippen LogP contribution in [0.1, 0.15) is 11.1 Å². The van der Waals surface area contributed by atoms with Gasteiger partial charge in [-0.2, -0.15) is 0 Å². The number of nitrogens with two attached hydrogens (primary N) is 1. The SMILES string of the molecule is Nc1ccccc1NC(=O)/C=C\c1ccc(N/C=C/c2ccccc2)nc1.